The highest BCUT2D eigenvalue weighted by atomic mass is 79.9. The van der Waals surface area contributed by atoms with E-state index in [1.165, 1.54) is 18.2 Å². The molecule has 1 saturated heterocycles. The van der Waals surface area contributed by atoms with Crippen LogP contribution >= 0.6 is 27.5 Å². The first kappa shape index (κ1) is 21.0. The number of halogens is 2. The van der Waals surface area contributed by atoms with E-state index in [9.17, 15) is 19.2 Å². The minimum Gasteiger partial charge on any atom is -0.452 e. The molecule has 0 unspecified atom stereocenters. The normalized spacial score (nSPS) is 13.6. The Bertz CT molecular complexity index is 1010. The zero-order valence-electron chi connectivity index (χ0n) is 15.3. The summed E-state index contributed by atoms with van der Waals surface area (Å²) in [4.78, 5) is 49.1. The van der Waals surface area contributed by atoms with Gasteiger partial charge in [0.05, 0.1) is 16.3 Å². The summed E-state index contributed by atoms with van der Waals surface area (Å²) in [6, 6.07) is 9.32. The smallest absolute Gasteiger partial charge is 0.338 e. The van der Waals surface area contributed by atoms with Crippen LogP contribution in [0.15, 0.2) is 40.9 Å². The summed E-state index contributed by atoms with van der Waals surface area (Å²) in [5.41, 5.74) is 1.73. The Morgan fingerprint density at radius 2 is 1.86 bits per heavy atom. The lowest BCUT2D eigenvalue weighted by Gasteiger charge is -2.14. The first-order valence-corrected chi connectivity index (χ1v) is 9.82. The average molecular weight is 480 g/mol. The molecule has 0 aromatic heterocycles. The van der Waals surface area contributed by atoms with Gasteiger partial charge < -0.3 is 10.1 Å². The number of benzene rings is 2. The van der Waals surface area contributed by atoms with Gasteiger partial charge >= 0.3 is 5.97 Å². The molecule has 1 fully saturated rings. The highest BCUT2D eigenvalue weighted by Gasteiger charge is 2.30. The van der Waals surface area contributed by atoms with E-state index in [1.807, 2.05) is 0 Å². The van der Waals surface area contributed by atoms with Crippen molar-refractivity contribution in [3.8, 4) is 0 Å². The fourth-order valence-electron chi connectivity index (χ4n) is 2.82. The summed E-state index contributed by atoms with van der Waals surface area (Å²) in [6.07, 6.45) is 0.292. The van der Waals surface area contributed by atoms with Crippen LogP contribution in [0.3, 0.4) is 0 Å². The van der Waals surface area contributed by atoms with Gasteiger partial charge in [-0.15, -0.1) is 0 Å². The fourth-order valence-corrected chi connectivity index (χ4v) is 3.44. The number of nitrogens with one attached hydrogen (secondary N) is 1. The van der Waals surface area contributed by atoms with Gasteiger partial charge in [0.1, 0.15) is 0 Å². The minimum absolute atomic E-state index is 0.130. The predicted octanol–water partition coefficient (Wildman–Crippen LogP) is 3.86. The van der Waals surface area contributed by atoms with Gasteiger partial charge in [-0.25, -0.2) is 4.79 Å². The van der Waals surface area contributed by atoms with Crippen LogP contribution in [0.2, 0.25) is 5.02 Å². The molecule has 29 heavy (non-hydrogen) atoms. The van der Waals surface area contributed by atoms with Gasteiger partial charge in [-0.05, 0) is 58.7 Å². The van der Waals surface area contributed by atoms with Gasteiger partial charge in [0.15, 0.2) is 6.61 Å². The quantitative estimate of drug-likeness (QED) is 0.519. The zero-order valence-corrected chi connectivity index (χ0v) is 17.7. The van der Waals surface area contributed by atoms with Crippen LogP contribution in [-0.2, 0) is 19.1 Å². The second-order valence-electron chi connectivity index (χ2n) is 6.38. The Morgan fingerprint density at radius 3 is 2.55 bits per heavy atom. The molecule has 7 nitrogen and oxygen atoms in total. The van der Waals surface area contributed by atoms with Crippen molar-refractivity contribution in [2.24, 2.45) is 0 Å². The molecular formula is C20H16BrClN2O5. The summed E-state index contributed by atoms with van der Waals surface area (Å²) in [5.74, 6) is -1.90. The number of nitrogens with zero attached hydrogens (tertiary/aromatic N) is 1. The number of hydrogen-bond acceptors (Lipinski definition) is 5. The minimum atomic E-state index is -0.744. The Kier molecular flexibility index (Phi) is 6.34. The maximum Gasteiger partial charge on any atom is 0.338 e. The zero-order chi connectivity index (χ0) is 21.1. The van der Waals surface area contributed by atoms with Gasteiger partial charge in [-0.3, -0.25) is 19.3 Å². The summed E-state index contributed by atoms with van der Waals surface area (Å²) < 4.78 is 5.75. The van der Waals surface area contributed by atoms with Crippen LogP contribution in [0.25, 0.3) is 0 Å². The monoisotopic (exact) mass is 478 g/mol. The highest BCUT2D eigenvalue weighted by molar-refractivity contribution is 9.10. The summed E-state index contributed by atoms with van der Waals surface area (Å²) in [7, 11) is 0. The van der Waals surface area contributed by atoms with E-state index >= 15 is 0 Å². The van der Waals surface area contributed by atoms with Crippen LogP contribution < -0.4 is 10.2 Å². The predicted molar refractivity (Wildman–Crippen MR) is 111 cm³/mol. The van der Waals surface area contributed by atoms with Crippen molar-refractivity contribution >= 4 is 62.6 Å². The molecule has 0 atom stereocenters. The number of esters is 1. The van der Waals surface area contributed by atoms with Crippen molar-refractivity contribution in [2.75, 3.05) is 16.8 Å². The summed E-state index contributed by atoms with van der Waals surface area (Å²) >= 11 is 9.33. The van der Waals surface area contributed by atoms with Crippen LogP contribution in [-0.4, -0.2) is 30.3 Å². The number of amides is 3. The molecular weight excluding hydrogens is 464 g/mol. The second kappa shape index (κ2) is 8.75. The van der Waals surface area contributed by atoms with Crippen molar-refractivity contribution in [3.63, 3.8) is 0 Å². The standard InChI is InChI=1S/C20H16BrClN2O5/c1-11-7-14(21)15(22)9-16(11)23-17(25)10-29-20(28)12-3-2-4-13(8-12)24-18(26)5-6-19(24)27/h2-4,7-9H,5-6,10H2,1H3,(H,23,25). The van der Waals surface area contributed by atoms with E-state index in [0.29, 0.717) is 20.9 Å². The van der Waals surface area contributed by atoms with Crippen molar-refractivity contribution in [2.45, 2.75) is 19.8 Å². The molecule has 0 saturated carbocycles. The van der Waals surface area contributed by atoms with Gasteiger partial charge in [0, 0.05) is 23.0 Å². The van der Waals surface area contributed by atoms with E-state index in [-0.39, 0.29) is 30.2 Å². The number of hydrogen-bond donors (Lipinski definition) is 1. The number of ether oxygens (including phenoxy) is 1. The third kappa shape index (κ3) is 4.83. The molecule has 3 rings (SSSR count). The fraction of sp³-hybridized carbons (Fsp3) is 0.200. The molecule has 0 spiro atoms. The lowest BCUT2D eigenvalue weighted by Crippen LogP contribution is -2.28. The number of carbonyl (C=O) groups is 4. The van der Waals surface area contributed by atoms with E-state index in [1.54, 1.807) is 25.1 Å². The lowest BCUT2D eigenvalue weighted by molar-refractivity contribution is -0.121. The molecule has 150 valence electrons. The molecule has 0 bridgehead atoms. The number of imide groups is 1. The van der Waals surface area contributed by atoms with Gasteiger partial charge in [0.2, 0.25) is 11.8 Å². The molecule has 2 aromatic carbocycles. The van der Waals surface area contributed by atoms with Crippen molar-refractivity contribution < 1.29 is 23.9 Å². The number of anilines is 2. The molecule has 9 heteroatoms. The van der Waals surface area contributed by atoms with Crippen LogP contribution in [0, 0.1) is 6.92 Å². The van der Waals surface area contributed by atoms with Gasteiger partial charge in [-0.2, -0.15) is 0 Å². The molecule has 1 N–H and O–H groups in total. The second-order valence-corrected chi connectivity index (χ2v) is 7.64. The maximum atomic E-state index is 12.3. The Labute approximate surface area is 180 Å². The Morgan fingerprint density at radius 1 is 1.17 bits per heavy atom. The van der Waals surface area contributed by atoms with Crippen LogP contribution in [0.5, 0.6) is 0 Å². The van der Waals surface area contributed by atoms with Gasteiger partial charge in [0.25, 0.3) is 5.91 Å². The van der Waals surface area contributed by atoms with E-state index in [2.05, 4.69) is 21.2 Å². The number of carbonyl (C=O) groups excluding carboxylic acids is 4. The van der Waals surface area contributed by atoms with Crippen LogP contribution in [0.4, 0.5) is 11.4 Å². The molecule has 1 aliphatic rings. The molecule has 1 heterocycles. The first-order valence-electron chi connectivity index (χ1n) is 8.64. The Hall–Kier alpha value is -2.71. The Balaban J connectivity index is 1.63. The molecule has 0 aliphatic carbocycles. The topological polar surface area (TPSA) is 92.8 Å². The van der Waals surface area contributed by atoms with Crippen molar-refractivity contribution in [1.29, 1.82) is 0 Å². The highest BCUT2D eigenvalue weighted by Crippen LogP contribution is 2.29. The largest absolute Gasteiger partial charge is 0.452 e. The third-order valence-electron chi connectivity index (χ3n) is 4.27. The van der Waals surface area contributed by atoms with Crippen molar-refractivity contribution in [1.82, 2.24) is 0 Å². The molecule has 1 aliphatic heterocycles. The number of rotatable bonds is 5. The molecule has 3 amide bonds. The van der Waals surface area contributed by atoms with Gasteiger partial charge in [-0.1, -0.05) is 17.7 Å². The summed E-state index contributed by atoms with van der Waals surface area (Å²) in [6.45, 7) is 1.30. The first-order chi connectivity index (χ1) is 13.8. The van der Waals surface area contributed by atoms with E-state index < -0.39 is 18.5 Å². The van der Waals surface area contributed by atoms with Crippen molar-refractivity contribution in [3.05, 3.63) is 57.0 Å². The third-order valence-corrected chi connectivity index (χ3v) is 5.46. The molecule has 2 aromatic rings. The lowest BCUT2D eigenvalue weighted by atomic mass is 10.2. The molecule has 0 radical (unpaired) electrons. The summed E-state index contributed by atoms with van der Waals surface area (Å²) in [5, 5.41) is 3.07. The number of aryl methyl sites for hydroxylation is 1. The van der Waals surface area contributed by atoms with Crippen LogP contribution in [0.1, 0.15) is 28.8 Å². The maximum absolute atomic E-state index is 12.3. The van der Waals surface area contributed by atoms with E-state index in [0.717, 1.165) is 10.5 Å². The average Bonchev–Trinajstić information content (AvgIpc) is 3.02. The van der Waals surface area contributed by atoms with E-state index in [4.69, 9.17) is 16.3 Å². The SMILES string of the molecule is Cc1cc(Br)c(Cl)cc1NC(=O)COC(=O)c1cccc(N2C(=O)CCC2=O)c1.